The molecule has 0 amide bonds. The number of aromatic nitrogens is 1. The molecule has 10 heteroatoms. The number of piperidine rings is 1. The number of fused-ring (bicyclic) bond motifs is 2. The zero-order valence-electron chi connectivity index (χ0n) is 17.3. The van der Waals surface area contributed by atoms with Crippen molar-refractivity contribution in [3.8, 4) is 0 Å². The molecule has 4 rings (SSSR count). The summed E-state index contributed by atoms with van der Waals surface area (Å²) in [5, 5.41) is 18.7. The van der Waals surface area contributed by atoms with Crippen molar-refractivity contribution in [3.63, 3.8) is 0 Å². The van der Waals surface area contributed by atoms with Crippen LogP contribution in [0.25, 0.3) is 0 Å². The molecular weight excluding hydrogens is 445 g/mol. The maximum atomic E-state index is 11.7. The number of halogens is 3. The Bertz CT molecular complexity index is 926. The fourth-order valence-electron chi connectivity index (χ4n) is 4.58. The summed E-state index contributed by atoms with van der Waals surface area (Å²) in [6.45, 7) is 2.62. The average Bonchev–Trinajstić information content (AvgIpc) is 3.38. The molecule has 1 fully saturated rings. The Morgan fingerprint density at radius 3 is 2.38 bits per heavy atom. The van der Waals surface area contributed by atoms with Gasteiger partial charge in [0.2, 0.25) is 0 Å². The summed E-state index contributed by atoms with van der Waals surface area (Å²) < 4.78 is 31.7. The van der Waals surface area contributed by atoms with Crippen molar-refractivity contribution in [2.45, 2.75) is 43.7 Å². The molecule has 1 aliphatic heterocycles. The Hall–Kier alpha value is -2.46. The highest BCUT2D eigenvalue weighted by molar-refractivity contribution is 7.07. The molecule has 1 aromatic carbocycles. The Labute approximate surface area is 187 Å². The summed E-state index contributed by atoms with van der Waals surface area (Å²) in [5.74, 6) is -3.83. The summed E-state index contributed by atoms with van der Waals surface area (Å²) in [4.78, 5) is 27.2. The third-order valence-corrected chi connectivity index (χ3v) is 6.92. The Morgan fingerprint density at radius 2 is 1.81 bits per heavy atom. The number of hydrogen-bond donors (Lipinski definition) is 2. The van der Waals surface area contributed by atoms with Crippen LogP contribution in [0.3, 0.4) is 0 Å². The van der Waals surface area contributed by atoms with Crippen molar-refractivity contribution in [2.75, 3.05) is 19.6 Å². The van der Waals surface area contributed by atoms with Crippen molar-refractivity contribution in [1.82, 2.24) is 9.88 Å². The predicted octanol–water partition coefficient (Wildman–Crippen LogP) is 4.00. The lowest BCUT2D eigenvalue weighted by atomic mass is 9.73. The van der Waals surface area contributed by atoms with Gasteiger partial charge in [0.15, 0.2) is 0 Å². The number of aryl methyl sites for hydroxylation is 1. The number of benzene rings is 1. The van der Waals surface area contributed by atoms with Crippen LogP contribution >= 0.6 is 11.3 Å². The molecule has 1 spiro atoms. The van der Waals surface area contributed by atoms with E-state index in [9.17, 15) is 23.1 Å². The van der Waals surface area contributed by atoms with Crippen molar-refractivity contribution in [3.05, 3.63) is 52.0 Å². The van der Waals surface area contributed by atoms with Gasteiger partial charge in [0.25, 0.3) is 0 Å². The molecule has 2 aliphatic rings. The van der Waals surface area contributed by atoms with Gasteiger partial charge in [-0.3, -0.25) is 4.79 Å². The van der Waals surface area contributed by atoms with Gasteiger partial charge in [0, 0.05) is 18.3 Å². The SMILES string of the molecule is O=C(O)C(Cc1cscn1)CN1CCC2(CCc3ccccc32)CC1.O=C(O)C(F)(F)F. The number of aliphatic carboxylic acids is 2. The lowest BCUT2D eigenvalue weighted by molar-refractivity contribution is -0.192. The summed E-state index contributed by atoms with van der Waals surface area (Å²) in [7, 11) is 0. The summed E-state index contributed by atoms with van der Waals surface area (Å²) in [6, 6.07) is 8.88. The second-order valence-corrected chi connectivity index (χ2v) is 8.98. The van der Waals surface area contributed by atoms with E-state index in [1.54, 1.807) is 11.1 Å². The van der Waals surface area contributed by atoms with Gasteiger partial charge < -0.3 is 15.1 Å². The first-order valence-electron chi connectivity index (χ1n) is 10.3. The van der Waals surface area contributed by atoms with Crippen LogP contribution in [0, 0.1) is 5.92 Å². The summed E-state index contributed by atoms with van der Waals surface area (Å²) >= 11 is 1.53. The Morgan fingerprint density at radius 1 is 1.16 bits per heavy atom. The van der Waals surface area contributed by atoms with Gasteiger partial charge in [-0.2, -0.15) is 13.2 Å². The van der Waals surface area contributed by atoms with Gasteiger partial charge in [0.05, 0.1) is 17.1 Å². The van der Waals surface area contributed by atoms with E-state index in [1.165, 1.54) is 29.7 Å². The highest BCUT2D eigenvalue weighted by Crippen LogP contribution is 2.46. The van der Waals surface area contributed by atoms with Crippen molar-refractivity contribution in [1.29, 1.82) is 0 Å². The largest absolute Gasteiger partial charge is 0.490 e. The molecule has 0 radical (unpaired) electrons. The third kappa shape index (κ3) is 5.86. The lowest BCUT2D eigenvalue weighted by Crippen LogP contribution is -2.44. The van der Waals surface area contributed by atoms with Crippen LogP contribution in [0.4, 0.5) is 13.2 Å². The molecule has 1 saturated heterocycles. The fraction of sp³-hybridized carbons (Fsp3) is 0.500. The highest BCUT2D eigenvalue weighted by atomic mass is 32.1. The number of nitrogens with zero attached hydrogens (tertiary/aromatic N) is 2. The number of alkyl halides is 3. The topological polar surface area (TPSA) is 90.7 Å². The molecule has 0 saturated carbocycles. The lowest BCUT2D eigenvalue weighted by Gasteiger charge is -2.41. The maximum Gasteiger partial charge on any atom is 0.490 e. The summed E-state index contributed by atoms with van der Waals surface area (Å²) in [5.41, 5.74) is 6.07. The van der Waals surface area contributed by atoms with Gasteiger partial charge >= 0.3 is 18.1 Å². The molecule has 1 aromatic heterocycles. The van der Waals surface area contributed by atoms with E-state index >= 15 is 0 Å². The Kier molecular flexibility index (Phi) is 7.55. The minimum Gasteiger partial charge on any atom is -0.481 e. The predicted molar refractivity (Wildman–Crippen MR) is 113 cm³/mol. The van der Waals surface area contributed by atoms with Crippen molar-refractivity contribution >= 4 is 23.3 Å². The third-order valence-electron chi connectivity index (χ3n) is 6.28. The number of carboxylic acid groups (broad SMARTS) is 2. The van der Waals surface area contributed by atoms with Gasteiger partial charge in [-0.25, -0.2) is 9.78 Å². The molecule has 6 nitrogen and oxygen atoms in total. The molecule has 1 unspecified atom stereocenters. The van der Waals surface area contributed by atoms with E-state index < -0.39 is 18.1 Å². The second kappa shape index (κ2) is 9.99. The maximum absolute atomic E-state index is 11.7. The van der Waals surface area contributed by atoms with E-state index in [0.717, 1.165) is 31.6 Å². The van der Waals surface area contributed by atoms with Gasteiger partial charge in [-0.15, -0.1) is 11.3 Å². The molecule has 1 atom stereocenters. The quantitative estimate of drug-likeness (QED) is 0.687. The van der Waals surface area contributed by atoms with E-state index in [1.807, 2.05) is 5.38 Å². The van der Waals surface area contributed by atoms with Crippen LogP contribution in [-0.4, -0.2) is 57.8 Å². The number of carboxylic acids is 2. The number of hydrogen-bond acceptors (Lipinski definition) is 5. The first kappa shape index (κ1) is 24.2. The average molecular weight is 471 g/mol. The summed E-state index contributed by atoms with van der Waals surface area (Å²) in [6.07, 6.45) is 0.183. The number of thiazole rings is 1. The van der Waals surface area contributed by atoms with E-state index in [-0.39, 0.29) is 5.92 Å². The Balaban J connectivity index is 0.000000360. The molecular formula is C22H25F3N2O4S. The number of rotatable bonds is 5. The van der Waals surface area contributed by atoms with Crippen LogP contribution < -0.4 is 0 Å². The minimum absolute atomic E-state index is 0.334. The van der Waals surface area contributed by atoms with Crippen LogP contribution in [0.2, 0.25) is 0 Å². The highest BCUT2D eigenvalue weighted by Gasteiger charge is 2.41. The van der Waals surface area contributed by atoms with E-state index in [0.29, 0.717) is 18.4 Å². The van der Waals surface area contributed by atoms with Crippen LogP contribution in [-0.2, 0) is 27.8 Å². The molecule has 1 aliphatic carbocycles. The first-order chi connectivity index (χ1) is 15.1. The molecule has 32 heavy (non-hydrogen) atoms. The number of likely N-dealkylation sites (tertiary alicyclic amines) is 1. The minimum atomic E-state index is -5.08. The van der Waals surface area contributed by atoms with E-state index in [4.69, 9.17) is 9.90 Å². The van der Waals surface area contributed by atoms with Crippen molar-refractivity contribution < 1.29 is 33.0 Å². The van der Waals surface area contributed by atoms with E-state index in [2.05, 4.69) is 34.1 Å². The molecule has 0 bridgehead atoms. The van der Waals surface area contributed by atoms with Crippen molar-refractivity contribution in [2.24, 2.45) is 5.92 Å². The normalized spacial score (nSPS) is 18.5. The van der Waals surface area contributed by atoms with Gasteiger partial charge in [-0.1, -0.05) is 24.3 Å². The zero-order chi connectivity index (χ0) is 23.4. The fourth-order valence-corrected chi connectivity index (χ4v) is 5.15. The monoisotopic (exact) mass is 470 g/mol. The first-order valence-corrected chi connectivity index (χ1v) is 11.3. The van der Waals surface area contributed by atoms with Gasteiger partial charge in [0.1, 0.15) is 0 Å². The number of carbonyl (C=O) groups is 2. The molecule has 2 aromatic rings. The van der Waals surface area contributed by atoms with Gasteiger partial charge in [-0.05, 0) is 55.3 Å². The van der Waals surface area contributed by atoms with Crippen LogP contribution in [0.1, 0.15) is 36.1 Å². The molecule has 2 N–H and O–H groups in total. The standard InChI is InChI=1S/C20H24N2O2S.C2HF3O2/c23-19(24)16(11-17-13-25-14-21-17)12-22-9-7-20(8-10-22)6-5-15-3-1-2-4-18(15)20;3-2(4,5)1(6)7/h1-4,13-14,16H,5-12H2,(H,23,24);(H,6,7). The molecule has 174 valence electrons. The second-order valence-electron chi connectivity index (χ2n) is 8.26. The zero-order valence-corrected chi connectivity index (χ0v) is 18.2. The van der Waals surface area contributed by atoms with Crippen LogP contribution in [0.5, 0.6) is 0 Å². The molecule has 2 heterocycles. The van der Waals surface area contributed by atoms with Crippen LogP contribution in [0.15, 0.2) is 35.2 Å². The smallest absolute Gasteiger partial charge is 0.481 e.